The Morgan fingerprint density at radius 2 is 1.32 bits per heavy atom. The lowest BCUT2D eigenvalue weighted by Gasteiger charge is -2.54. The molecular weight excluding hydrogens is 388 g/mol. The van der Waals surface area contributed by atoms with Gasteiger partial charge in [-0.1, -0.05) is 30.3 Å². The second-order valence-corrected chi connectivity index (χ2v) is 9.54. The highest BCUT2D eigenvalue weighted by Gasteiger charge is 2.49. The summed E-state index contributed by atoms with van der Waals surface area (Å²) in [6.07, 6.45) is 6.05. The van der Waals surface area contributed by atoms with Gasteiger partial charge in [-0.25, -0.2) is 0 Å². The van der Waals surface area contributed by atoms with Gasteiger partial charge in [0.05, 0.1) is 11.0 Å². The number of fused-ring (bicyclic) bond motifs is 1. The summed E-state index contributed by atoms with van der Waals surface area (Å²) in [5.41, 5.74) is 1.34. The number of nitrogens with two attached hydrogens (primary N) is 1. The third-order valence-electron chi connectivity index (χ3n) is 7.83. The molecule has 2 aromatic carbocycles. The van der Waals surface area contributed by atoms with E-state index >= 15 is 0 Å². The summed E-state index contributed by atoms with van der Waals surface area (Å²) < 4.78 is 3.46. The molecule has 0 atom stereocenters. The maximum absolute atomic E-state index is 13.8. The molecule has 0 radical (unpaired) electrons. The Kier molecular flexibility index (Phi) is 4.16. The number of nitrogens with zero attached hydrogens (tertiary/aromatic N) is 3. The molecule has 0 spiro atoms. The number of benzene rings is 2. The highest BCUT2D eigenvalue weighted by Crippen LogP contribution is 2.58. The fraction of sp³-hybridized carbons (Fsp3) is 0.400. The Hall–Kier alpha value is -3.15. The van der Waals surface area contributed by atoms with Gasteiger partial charge in [0.15, 0.2) is 0 Å². The third-order valence-corrected chi connectivity index (χ3v) is 7.83. The van der Waals surface area contributed by atoms with E-state index in [4.69, 9.17) is 5.84 Å². The fourth-order valence-corrected chi connectivity index (χ4v) is 6.95. The van der Waals surface area contributed by atoms with Crippen molar-refractivity contribution >= 4 is 11.0 Å². The average Bonchev–Trinajstić information content (AvgIpc) is 2.86. The smallest absolute Gasteiger partial charge is 0.289 e. The summed E-state index contributed by atoms with van der Waals surface area (Å²) >= 11 is 0. The molecule has 4 saturated carbocycles. The molecule has 4 aliphatic carbocycles. The van der Waals surface area contributed by atoms with Gasteiger partial charge in [0.25, 0.3) is 11.1 Å². The molecule has 6 nitrogen and oxygen atoms in total. The zero-order valence-corrected chi connectivity index (χ0v) is 17.4. The molecule has 3 aromatic rings. The van der Waals surface area contributed by atoms with E-state index in [2.05, 4.69) is 5.10 Å². The summed E-state index contributed by atoms with van der Waals surface area (Å²) in [7, 11) is 0. The molecule has 0 amide bonds. The monoisotopic (exact) mass is 414 g/mol. The zero-order valence-electron chi connectivity index (χ0n) is 17.4. The summed E-state index contributed by atoms with van der Waals surface area (Å²) in [5, 5.41) is 3.53. The van der Waals surface area contributed by atoms with E-state index in [0.29, 0.717) is 23.0 Å². The molecule has 158 valence electrons. The van der Waals surface area contributed by atoms with Gasteiger partial charge in [-0.3, -0.25) is 14.2 Å². The Bertz CT molecular complexity index is 1330. The van der Waals surface area contributed by atoms with Crippen molar-refractivity contribution in [2.75, 3.05) is 0 Å². The van der Waals surface area contributed by atoms with Crippen LogP contribution in [-0.2, 0) is 0 Å². The molecule has 0 aliphatic heterocycles. The van der Waals surface area contributed by atoms with E-state index in [-0.39, 0.29) is 17.0 Å². The van der Waals surface area contributed by atoms with Crippen molar-refractivity contribution in [2.45, 2.75) is 38.1 Å². The second kappa shape index (κ2) is 6.94. The van der Waals surface area contributed by atoms with Crippen molar-refractivity contribution in [3.05, 3.63) is 80.7 Å². The molecule has 4 fully saturated rings. The fourth-order valence-electron chi connectivity index (χ4n) is 6.95. The van der Waals surface area contributed by atoms with Crippen molar-refractivity contribution < 1.29 is 0 Å². The predicted molar refractivity (Wildman–Crippen MR) is 120 cm³/mol. The molecule has 1 heterocycles. The lowest BCUT2D eigenvalue weighted by Crippen LogP contribution is -2.51. The van der Waals surface area contributed by atoms with Crippen LogP contribution in [0.15, 0.2) is 69.3 Å². The quantitative estimate of drug-likeness (QED) is 0.517. The number of para-hydroxylation sites is 3. The van der Waals surface area contributed by atoms with Gasteiger partial charge in [-0.15, -0.1) is 0 Å². The first-order valence-corrected chi connectivity index (χ1v) is 11.3. The summed E-state index contributed by atoms with van der Waals surface area (Å²) in [5.74, 6) is 8.20. The molecule has 6 heteroatoms. The number of hydrogen-bond acceptors (Lipinski definition) is 4. The first-order chi connectivity index (χ1) is 15.2. The lowest BCUT2D eigenvalue weighted by atomic mass is 9.54. The van der Waals surface area contributed by atoms with Crippen molar-refractivity contribution in [2.24, 2.45) is 34.6 Å². The highest BCUT2D eigenvalue weighted by atomic mass is 16.1. The summed E-state index contributed by atoms with van der Waals surface area (Å²) in [6.45, 7) is 0. The average molecular weight is 415 g/mol. The largest absolute Gasteiger partial charge is 0.322 e. The topological polar surface area (TPSA) is 82.4 Å². The van der Waals surface area contributed by atoms with Gasteiger partial charge in [0.1, 0.15) is 0 Å². The SMILES string of the molecule is NN=c1c(=O)n(-c2ccccc2)c2ccccc2n(C2C3CC4CC(C3)CC2C4)c1=O. The van der Waals surface area contributed by atoms with Crippen LogP contribution in [0.25, 0.3) is 16.7 Å². The van der Waals surface area contributed by atoms with Gasteiger partial charge in [0, 0.05) is 11.7 Å². The van der Waals surface area contributed by atoms with Gasteiger partial charge in [-0.05, 0) is 80.0 Å². The first-order valence-electron chi connectivity index (χ1n) is 11.3. The van der Waals surface area contributed by atoms with Gasteiger partial charge < -0.3 is 10.4 Å². The van der Waals surface area contributed by atoms with Crippen LogP contribution in [0.2, 0.25) is 0 Å². The minimum Gasteiger partial charge on any atom is -0.322 e. The third kappa shape index (κ3) is 2.74. The van der Waals surface area contributed by atoms with Crippen molar-refractivity contribution in [1.82, 2.24) is 9.13 Å². The van der Waals surface area contributed by atoms with Crippen LogP contribution in [0.3, 0.4) is 0 Å². The van der Waals surface area contributed by atoms with Crippen LogP contribution < -0.4 is 22.3 Å². The Balaban J connectivity index is 1.73. The van der Waals surface area contributed by atoms with Crippen LogP contribution in [-0.4, -0.2) is 9.13 Å². The molecule has 4 aliphatic rings. The minimum absolute atomic E-state index is 0.0988. The van der Waals surface area contributed by atoms with Crippen molar-refractivity contribution in [3.8, 4) is 5.69 Å². The van der Waals surface area contributed by atoms with Crippen LogP contribution in [0.5, 0.6) is 0 Å². The lowest BCUT2D eigenvalue weighted by molar-refractivity contribution is -0.0287. The van der Waals surface area contributed by atoms with Crippen LogP contribution in [0.4, 0.5) is 0 Å². The maximum Gasteiger partial charge on any atom is 0.289 e. The number of rotatable bonds is 2. The van der Waals surface area contributed by atoms with Crippen LogP contribution in [0, 0.1) is 23.7 Å². The summed E-state index contributed by atoms with van der Waals surface area (Å²) in [4.78, 5) is 27.4. The number of hydrogen-bond donors (Lipinski definition) is 1. The number of aromatic nitrogens is 2. The molecule has 31 heavy (non-hydrogen) atoms. The second-order valence-electron chi connectivity index (χ2n) is 9.54. The van der Waals surface area contributed by atoms with E-state index < -0.39 is 5.56 Å². The zero-order chi connectivity index (χ0) is 21.1. The van der Waals surface area contributed by atoms with Crippen molar-refractivity contribution in [3.63, 3.8) is 0 Å². The molecule has 0 unspecified atom stereocenters. The van der Waals surface area contributed by atoms with E-state index in [0.717, 1.165) is 17.4 Å². The Morgan fingerprint density at radius 1 is 0.742 bits per heavy atom. The van der Waals surface area contributed by atoms with Gasteiger partial charge in [-0.2, -0.15) is 5.10 Å². The van der Waals surface area contributed by atoms with Gasteiger partial charge in [0.2, 0.25) is 5.36 Å². The first kappa shape index (κ1) is 18.6. The molecule has 2 N–H and O–H groups in total. The maximum atomic E-state index is 13.8. The summed E-state index contributed by atoms with van der Waals surface area (Å²) in [6, 6.07) is 17.2. The minimum atomic E-state index is -0.475. The van der Waals surface area contributed by atoms with Gasteiger partial charge >= 0.3 is 0 Å². The Labute approximate surface area is 179 Å². The van der Waals surface area contributed by atoms with E-state index in [9.17, 15) is 9.59 Å². The predicted octanol–water partition coefficient (Wildman–Crippen LogP) is 2.92. The van der Waals surface area contributed by atoms with E-state index in [1.165, 1.54) is 32.1 Å². The molecule has 4 bridgehead atoms. The van der Waals surface area contributed by atoms with Crippen LogP contribution >= 0.6 is 0 Å². The Morgan fingerprint density at radius 3 is 1.94 bits per heavy atom. The molecule has 1 aromatic heterocycles. The molecule has 7 rings (SSSR count). The highest BCUT2D eigenvalue weighted by molar-refractivity contribution is 5.77. The standard InChI is InChI=1S/C25H26N4O2/c26-27-22-24(30)28(19-6-2-1-3-7-19)20-8-4-5-9-21(20)29(25(22)31)23-17-11-15-10-16(13-17)14-18(23)12-15/h1-9,15-18,23H,10-14,26H2. The normalized spacial score (nSPS) is 29.5. The van der Waals surface area contributed by atoms with E-state index in [1.54, 1.807) is 4.57 Å². The van der Waals surface area contributed by atoms with Crippen molar-refractivity contribution in [1.29, 1.82) is 0 Å². The van der Waals surface area contributed by atoms with Crippen LogP contribution in [0.1, 0.15) is 38.1 Å². The van der Waals surface area contributed by atoms with E-state index in [1.807, 2.05) is 59.2 Å². The molecular formula is C25H26N4O2. The molecule has 0 saturated heterocycles.